The molecule has 6 nitrogen and oxygen atoms in total. The number of carbonyl (C=O) groups excluding carboxylic acids is 1. The third-order valence-electron chi connectivity index (χ3n) is 3.28. The second kappa shape index (κ2) is 7.82. The minimum Gasteiger partial charge on any atom is -0.493 e. The summed E-state index contributed by atoms with van der Waals surface area (Å²) in [5.41, 5.74) is 1.16. The molecular weight excluding hydrogens is 364 g/mol. The number of nitrogens with one attached hydrogen (secondary N) is 2. The van der Waals surface area contributed by atoms with Gasteiger partial charge >= 0.3 is 0 Å². The molecule has 0 fully saturated rings. The number of rotatable bonds is 6. The third kappa shape index (κ3) is 4.35. The summed E-state index contributed by atoms with van der Waals surface area (Å²) in [6.07, 6.45) is 2.01. The van der Waals surface area contributed by atoms with Crippen molar-refractivity contribution in [2.24, 2.45) is 0 Å². The van der Waals surface area contributed by atoms with E-state index in [2.05, 4.69) is 26.2 Å². The third-order valence-corrected chi connectivity index (χ3v) is 4.02. The van der Waals surface area contributed by atoms with E-state index in [1.54, 1.807) is 14.2 Å². The number of halogens is 1. The quantitative estimate of drug-likeness (QED) is 0.804. The topological polar surface area (TPSA) is 80.4 Å². The summed E-state index contributed by atoms with van der Waals surface area (Å²) in [6, 6.07) is 6.51. The van der Waals surface area contributed by atoms with Crippen LogP contribution in [-0.2, 0) is 6.42 Å². The van der Waals surface area contributed by atoms with Crippen LogP contribution in [-0.4, -0.2) is 31.7 Å². The molecule has 0 spiro atoms. The van der Waals surface area contributed by atoms with E-state index in [1.165, 1.54) is 18.3 Å². The zero-order chi connectivity index (χ0) is 16.8. The predicted octanol–water partition coefficient (Wildman–Crippen LogP) is 2.13. The first-order valence-corrected chi connectivity index (χ1v) is 7.71. The number of aromatic nitrogens is 1. The number of H-pyrrole nitrogens is 1. The molecule has 0 aliphatic rings. The van der Waals surface area contributed by atoms with E-state index in [0.717, 1.165) is 10.0 Å². The Hall–Kier alpha value is -2.28. The minimum atomic E-state index is -0.240. The molecule has 0 atom stereocenters. The molecule has 0 saturated heterocycles. The number of hydrogen-bond acceptors (Lipinski definition) is 4. The highest BCUT2D eigenvalue weighted by Gasteiger charge is 2.10. The molecular formula is C16H17BrN2O4. The van der Waals surface area contributed by atoms with Crippen molar-refractivity contribution in [1.29, 1.82) is 0 Å². The van der Waals surface area contributed by atoms with Gasteiger partial charge < -0.3 is 19.8 Å². The van der Waals surface area contributed by atoms with Crippen LogP contribution in [0.3, 0.4) is 0 Å². The Morgan fingerprint density at radius 3 is 2.52 bits per heavy atom. The van der Waals surface area contributed by atoms with Gasteiger partial charge in [-0.15, -0.1) is 0 Å². The van der Waals surface area contributed by atoms with E-state index in [-0.39, 0.29) is 11.5 Å². The number of hydrogen-bond donors (Lipinski definition) is 2. The molecule has 23 heavy (non-hydrogen) atoms. The molecule has 2 rings (SSSR count). The number of benzene rings is 1. The van der Waals surface area contributed by atoms with Crippen molar-refractivity contribution in [3.63, 3.8) is 0 Å². The number of pyridine rings is 1. The summed E-state index contributed by atoms with van der Waals surface area (Å²) in [7, 11) is 3.15. The minimum absolute atomic E-state index is 0.238. The molecule has 122 valence electrons. The number of methoxy groups -OCH3 is 2. The average molecular weight is 381 g/mol. The Morgan fingerprint density at radius 2 is 1.91 bits per heavy atom. The van der Waals surface area contributed by atoms with Gasteiger partial charge in [0.15, 0.2) is 11.5 Å². The lowest BCUT2D eigenvalue weighted by Crippen LogP contribution is -2.26. The first kappa shape index (κ1) is 17.1. The summed E-state index contributed by atoms with van der Waals surface area (Å²) in [5, 5.41) is 2.81. The fourth-order valence-corrected chi connectivity index (χ4v) is 2.57. The fraction of sp³-hybridized carbons (Fsp3) is 0.250. The van der Waals surface area contributed by atoms with Crippen molar-refractivity contribution in [3.05, 3.63) is 56.4 Å². The highest BCUT2D eigenvalue weighted by Crippen LogP contribution is 2.33. The average Bonchev–Trinajstić information content (AvgIpc) is 2.56. The maximum atomic E-state index is 12.0. The van der Waals surface area contributed by atoms with Crippen LogP contribution in [0.2, 0.25) is 0 Å². The Morgan fingerprint density at radius 1 is 1.22 bits per heavy atom. The van der Waals surface area contributed by atoms with Crippen molar-refractivity contribution in [3.8, 4) is 11.5 Å². The second-order valence-electron chi connectivity index (χ2n) is 4.75. The normalized spacial score (nSPS) is 10.2. The molecule has 2 aromatic rings. The summed E-state index contributed by atoms with van der Waals surface area (Å²) < 4.78 is 11.4. The van der Waals surface area contributed by atoms with E-state index in [4.69, 9.17) is 9.47 Å². The van der Waals surface area contributed by atoms with Gasteiger partial charge in [-0.3, -0.25) is 9.59 Å². The first-order chi connectivity index (χ1) is 11.0. The molecule has 2 N–H and O–H groups in total. The van der Waals surface area contributed by atoms with Crippen LogP contribution >= 0.6 is 15.9 Å². The highest BCUT2D eigenvalue weighted by atomic mass is 79.9. The predicted molar refractivity (Wildman–Crippen MR) is 90.3 cm³/mol. The van der Waals surface area contributed by atoms with Gasteiger partial charge in [-0.05, 0) is 30.2 Å². The van der Waals surface area contributed by atoms with Crippen LogP contribution in [0.25, 0.3) is 0 Å². The second-order valence-corrected chi connectivity index (χ2v) is 5.60. The largest absolute Gasteiger partial charge is 0.493 e. The maximum absolute atomic E-state index is 12.0. The van der Waals surface area contributed by atoms with Crippen molar-refractivity contribution in [1.82, 2.24) is 10.3 Å². The van der Waals surface area contributed by atoms with Gasteiger partial charge in [0, 0.05) is 23.3 Å². The van der Waals surface area contributed by atoms with E-state index in [0.29, 0.717) is 30.0 Å². The molecule has 7 heteroatoms. The van der Waals surface area contributed by atoms with Gasteiger partial charge in [0.2, 0.25) is 5.56 Å². The lowest BCUT2D eigenvalue weighted by Gasteiger charge is -2.12. The summed E-state index contributed by atoms with van der Waals surface area (Å²) in [4.78, 5) is 25.4. The molecule has 1 heterocycles. The van der Waals surface area contributed by atoms with Crippen molar-refractivity contribution >= 4 is 21.8 Å². The van der Waals surface area contributed by atoms with Gasteiger partial charge in [-0.2, -0.15) is 0 Å². The Kier molecular flexibility index (Phi) is 5.81. The first-order valence-electron chi connectivity index (χ1n) is 6.92. The molecule has 0 aliphatic carbocycles. The van der Waals surface area contributed by atoms with Gasteiger partial charge in [-0.1, -0.05) is 15.9 Å². The zero-order valence-corrected chi connectivity index (χ0v) is 14.4. The van der Waals surface area contributed by atoms with Crippen LogP contribution in [0, 0.1) is 0 Å². The Labute approximate surface area is 142 Å². The number of amides is 1. The van der Waals surface area contributed by atoms with Gasteiger partial charge in [0.05, 0.1) is 19.8 Å². The standard InChI is InChI=1S/C16H17BrN2O4/c1-22-13-7-10(12(17)8-14(13)23-2)5-6-18-16(21)11-3-4-15(20)19-9-11/h3-4,7-9H,5-6H2,1-2H3,(H,18,21)(H,19,20). The molecule has 1 amide bonds. The monoisotopic (exact) mass is 380 g/mol. The van der Waals surface area contributed by atoms with E-state index < -0.39 is 0 Å². The molecule has 0 bridgehead atoms. The molecule has 0 saturated carbocycles. The number of ether oxygens (including phenoxy) is 2. The SMILES string of the molecule is COc1cc(Br)c(CCNC(=O)c2ccc(=O)[nH]c2)cc1OC. The van der Waals surface area contributed by atoms with Crippen LogP contribution in [0.1, 0.15) is 15.9 Å². The fourth-order valence-electron chi connectivity index (χ4n) is 2.05. The molecule has 0 unspecified atom stereocenters. The lowest BCUT2D eigenvalue weighted by molar-refractivity contribution is 0.0953. The van der Waals surface area contributed by atoms with Crippen LogP contribution in [0.15, 0.2) is 39.7 Å². The molecule has 0 radical (unpaired) electrons. The highest BCUT2D eigenvalue weighted by molar-refractivity contribution is 9.10. The molecule has 0 aliphatic heterocycles. The molecule has 1 aromatic carbocycles. The summed E-state index contributed by atoms with van der Waals surface area (Å²) in [5.74, 6) is 1.04. The van der Waals surface area contributed by atoms with E-state index >= 15 is 0 Å². The van der Waals surface area contributed by atoms with Crippen LogP contribution in [0.5, 0.6) is 11.5 Å². The maximum Gasteiger partial charge on any atom is 0.252 e. The van der Waals surface area contributed by atoms with E-state index in [9.17, 15) is 9.59 Å². The smallest absolute Gasteiger partial charge is 0.252 e. The Bertz CT molecular complexity index is 738. The van der Waals surface area contributed by atoms with Gasteiger partial charge in [-0.25, -0.2) is 0 Å². The summed E-state index contributed by atoms with van der Waals surface area (Å²) >= 11 is 3.48. The van der Waals surface area contributed by atoms with Crippen molar-refractivity contribution in [2.75, 3.05) is 20.8 Å². The zero-order valence-electron chi connectivity index (χ0n) is 12.8. The number of carbonyl (C=O) groups is 1. The van der Waals surface area contributed by atoms with Crippen molar-refractivity contribution < 1.29 is 14.3 Å². The Balaban J connectivity index is 1.99. The van der Waals surface area contributed by atoms with Crippen LogP contribution < -0.4 is 20.3 Å². The summed E-state index contributed by atoms with van der Waals surface area (Å²) in [6.45, 7) is 0.450. The van der Waals surface area contributed by atoms with E-state index in [1.807, 2.05) is 12.1 Å². The molecule has 1 aromatic heterocycles. The van der Waals surface area contributed by atoms with Gasteiger partial charge in [0.1, 0.15) is 0 Å². The lowest BCUT2D eigenvalue weighted by atomic mass is 10.1. The van der Waals surface area contributed by atoms with Gasteiger partial charge in [0.25, 0.3) is 5.91 Å². The number of aromatic amines is 1. The van der Waals surface area contributed by atoms with Crippen molar-refractivity contribution in [2.45, 2.75) is 6.42 Å². The van der Waals surface area contributed by atoms with Crippen LogP contribution in [0.4, 0.5) is 0 Å².